The predicted molar refractivity (Wildman–Crippen MR) is 132 cm³/mol. The van der Waals surface area contributed by atoms with Gasteiger partial charge in [0.15, 0.2) is 5.75 Å². The molecular weight excluding hydrogens is 464 g/mol. The van der Waals surface area contributed by atoms with Crippen LogP contribution in [0, 0.1) is 6.92 Å². The number of fused-ring (bicyclic) bond motifs is 1. The first-order valence-corrected chi connectivity index (χ1v) is 12.4. The molecule has 4 aromatic rings. The summed E-state index contributed by atoms with van der Waals surface area (Å²) in [6.07, 6.45) is -0.988. The number of hydrogen-bond acceptors (Lipinski definition) is 6. The molecule has 0 saturated heterocycles. The lowest BCUT2D eigenvalue weighted by Gasteiger charge is -2.21. The van der Waals surface area contributed by atoms with Crippen LogP contribution < -0.4 is 4.18 Å². The first-order valence-electron chi connectivity index (χ1n) is 11.0. The molecular formula is C27H22N2O5S. The fourth-order valence-electron chi connectivity index (χ4n) is 3.84. The third kappa shape index (κ3) is 4.48. The van der Waals surface area contributed by atoms with Crippen molar-refractivity contribution in [2.24, 2.45) is 5.10 Å². The van der Waals surface area contributed by atoms with Crippen LogP contribution in [0.4, 0.5) is 0 Å². The number of para-hydroxylation sites is 1. The van der Waals surface area contributed by atoms with E-state index in [1.165, 1.54) is 30.1 Å². The third-order valence-electron chi connectivity index (χ3n) is 5.66. The fourth-order valence-corrected chi connectivity index (χ4v) is 4.79. The van der Waals surface area contributed by atoms with Gasteiger partial charge in [0.25, 0.3) is 0 Å². The van der Waals surface area contributed by atoms with Gasteiger partial charge >= 0.3 is 10.1 Å². The van der Waals surface area contributed by atoms with Crippen LogP contribution in [0.15, 0.2) is 101 Å². The van der Waals surface area contributed by atoms with Crippen molar-refractivity contribution >= 4 is 32.7 Å². The molecule has 4 aromatic carbocycles. The molecule has 35 heavy (non-hydrogen) atoms. The zero-order valence-corrected chi connectivity index (χ0v) is 19.9. The van der Waals surface area contributed by atoms with Crippen LogP contribution in [0.5, 0.6) is 5.75 Å². The average molecular weight is 487 g/mol. The van der Waals surface area contributed by atoms with Crippen molar-refractivity contribution in [1.82, 2.24) is 5.01 Å². The van der Waals surface area contributed by atoms with Crippen LogP contribution in [0.1, 0.15) is 29.8 Å². The molecule has 0 bridgehead atoms. The van der Waals surface area contributed by atoms with E-state index < -0.39 is 16.3 Å². The highest BCUT2D eigenvalue weighted by atomic mass is 32.2. The molecule has 0 radical (unpaired) electrons. The number of amides is 1. The van der Waals surface area contributed by atoms with Gasteiger partial charge in [-0.2, -0.15) is 13.4 Å². The number of aryl methyl sites for hydroxylation is 1. The number of rotatable bonds is 5. The van der Waals surface area contributed by atoms with Crippen LogP contribution in [0.3, 0.4) is 0 Å². The van der Waals surface area contributed by atoms with Crippen molar-refractivity contribution in [1.29, 1.82) is 0 Å². The van der Waals surface area contributed by atoms with Crippen molar-refractivity contribution < 1.29 is 22.1 Å². The summed E-state index contributed by atoms with van der Waals surface area (Å²) in [7, 11) is -4.11. The topological polar surface area (TPSA) is 85.3 Å². The lowest BCUT2D eigenvalue weighted by Crippen LogP contribution is -2.26. The molecule has 5 rings (SSSR count). The Labute approximate surface area is 203 Å². The second-order valence-corrected chi connectivity index (χ2v) is 9.74. The summed E-state index contributed by atoms with van der Waals surface area (Å²) in [6, 6.07) is 26.6. The highest BCUT2D eigenvalue weighted by Crippen LogP contribution is 2.37. The molecule has 1 amide bonds. The summed E-state index contributed by atoms with van der Waals surface area (Å²) in [5.41, 5.74) is 1.99. The van der Waals surface area contributed by atoms with Gasteiger partial charge in [-0.1, -0.05) is 60.2 Å². The molecule has 176 valence electrons. The Hall–Kier alpha value is -4.17. The van der Waals surface area contributed by atoms with Crippen LogP contribution in [-0.2, 0) is 19.6 Å². The van der Waals surface area contributed by atoms with Gasteiger partial charge in [0.05, 0.1) is 5.56 Å². The first kappa shape index (κ1) is 22.6. The first-order chi connectivity index (χ1) is 16.8. The Morgan fingerprint density at radius 2 is 1.60 bits per heavy atom. The largest absolute Gasteiger partial charge is 0.446 e. The van der Waals surface area contributed by atoms with Crippen LogP contribution in [0.2, 0.25) is 0 Å². The Morgan fingerprint density at radius 3 is 2.34 bits per heavy atom. The molecule has 0 saturated carbocycles. The highest BCUT2D eigenvalue weighted by Gasteiger charge is 2.36. The number of benzene rings is 4. The van der Waals surface area contributed by atoms with Crippen molar-refractivity contribution in [2.75, 3.05) is 0 Å². The molecule has 7 nitrogen and oxygen atoms in total. The molecule has 1 unspecified atom stereocenters. The second-order valence-electron chi connectivity index (χ2n) is 8.19. The van der Waals surface area contributed by atoms with Gasteiger partial charge in [0.2, 0.25) is 18.0 Å². The molecule has 8 heteroatoms. The molecule has 0 spiro atoms. The molecule has 1 heterocycles. The minimum Gasteiger partial charge on any atom is -0.446 e. The van der Waals surface area contributed by atoms with E-state index in [-0.39, 0.29) is 22.4 Å². The van der Waals surface area contributed by atoms with Gasteiger partial charge in [-0.05, 0) is 54.1 Å². The highest BCUT2D eigenvalue weighted by molar-refractivity contribution is 7.87. The Balaban J connectivity index is 1.49. The lowest BCUT2D eigenvalue weighted by molar-refractivity contribution is -0.135. The third-order valence-corrected chi connectivity index (χ3v) is 6.91. The number of carbonyl (C=O) groups is 1. The van der Waals surface area contributed by atoms with E-state index in [0.29, 0.717) is 11.1 Å². The van der Waals surface area contributed by atoms with E-state index in [0.717, 1.165) is 16.3 Å². The van der Waals surface area contributed by atoms with E-state index in [2.05, 4.69) is 5.10 Å². The van der Waals surface area contributed by atoms with Crippen molar-refractivity contribution in [3.8, 4) is 5.75 Å². The maximum Gasteiger partial charge on any atom is 0.339 e. The Kier molecular flexibility index (Phi) is 5.74. The van der Waals surface area contributed by atoms with Gasteiger partial charge in [0.1, 0.15) is 4.90 Å². The summed E-state index contributed by atoms with van der Waals surface area (Å²) in [4.78, 5) is 12.5. The molecule has 0 N–H and O–H groups in total. The standard InChI is InChI=1S/C27H22N2O5S/c1-18-11-15-23(16-12-18)35(31,32)34-25-10-6-5-9-24(25)27-29(19(2)30)28-26(33-27)22-14-13-20-7-3-4-8-21(20)17-22/h3-17,27H,1-2H3. The SMILES string of the molecule is CC(=O)N1N=C(c2ccc3ccccc3c2)OC1c1ccccc1OS(=O)(=O)c1ccc(C)cc1. The minimum absolute atomic E-state index is 0.0294. The molecule has 0 aliphatic carbocycles. The van der Waals surface area contributed by atoms with Gasteiger partial charge in [-0.15, -0.1) is 5.10 Å². The number of carbonyl (C=O) groups excluding carboxylic acids is 1. The van der Waals surface area contributed by atoms with Gasteiger partial charge in [-0.3, -0.25) is 4.79 Å². The minimum atomic E-state index is -4.11. The summed E-state index contributed by atoms with van der Waals surface area (Å²) >= 11 is 0. The van der Waals surface area contributed by atoms with E-state index in [9.17, 15) is 13.2 Å². The summed E-state index contributed by atoms with van der Waals surface area (Å²) in [6.45, 7) is 3.24. The van der Waals surface area contributed by atoms with E-state index in [1.54, 1.807) is 30.3 Å². The quantitative estimate of drug-likeness (QED) is 0.364. The van der Waals surface area contributed by atoms with Crippen molar-refractivity contribution in [3.63, 3.8) is 0 Å². The van der Waals surface area contributed by atoms with Crippen LogP contribution >= 0.6 is 0 Å². The van der Waals surface area contributed by atoms with Crippen LogP contribution in [0.25, 0.3) is 10.8 Å². The molecule has 1 atom stereocenters. The molecule has 0 fully saturated rings. The Bertz CT molecular complexity index is 1560. The zero-order chi connectivity index (χ0) is 24.6. The normalized spacial score (nSPS) is 15.5. The molecule has 0 aromatic heterocycles. The predicted octanol–water partition coefficient (Wildman–Crippen LogP) is 5.16. The number of hydrogen-bond donors (Lipinski definition) is 0. The van der Waals surface area contributed by atoms with Crippen LogP contribution in [-0.4, -0.2) is 25.2 Å². The van der Waals surface area contributed by atoms with Gasteiger partial charge in [0, 0.05) is 12.5 Å². The van der Waals surface area contributed by atoms with Crippen molar-refractivity contribution in [2.45, 2.75) is 25.0 Å². The van der Waals surface area contributed by atoms with E-state index in [1.807, 2.05) is 49.4 Å². The zero-order valence-electron chi connectivity index (χ0n) is 19.1. The monoisotopic (exact) mass is 486 g/mol. The number of nitrogens with zero attached hydrogens (tertiary/aromatic N) is 2. The van der Waals surface area contributed by atoms with E-state index >= 15 is 0 Å². The number of hydrazone groups is 1. The Morgan fingerprint density at radius 1 is 0.914 bits per heavy atom. The molecule has 1 aliphatic rings. The summed E-state index contributed by atoms with van der Waals surface area (Å²) < 4.78 is 37.5. The van der Waals surface area contributed by atoms with Crippen molar-refractivity contribution in [3.05, 3.63) is 108 Å². The fraction of sp³-hybridized carbons (Fsp3) is 0.111. The summed E-state index contributed by atoms with van der Waals surface area (Å²) in [5.74, 6) is -0.0478. The second kappa shape index (κ2) is 8.88. The molecule has 1 aliphatic heterocycles. The van der Waals surface area contributed by atoms with Gasteiger partial charge in [-0.25, -0.2) is 0 Å². The maximum absolute atomic E-state index is 12.9. The lowest BCUT2D eigenvalue weighted by atomic mass is 10.1. The van der Waals surface area contributed by atoms with Gasteiger partial charge < -0.3 is 8.92 Å². The van der Waals surface area contributed by atoms with E-state index in [4.69, 9.17) is 8.92 Å². The average Bonchev–Trinajstić information content (AvgIpc) is 3.30. The summed E-state index contributed by atoms with van der Waals surface area (Å²) in [5, 5.41) is 7.65. The number of ether oxygens (including phenoxy) is 1. The maximum atomic E-state index is 12.9. The smallest absolute Gasteiger partial charge is 0.339 e.